The Kier molecular flexibility index (Phi) is 3.64. The van der Waals surface area contributed by atoms with Gasteiger partial charge in [0.15, 0.2) is 0 Å². The first-order valence-corrected chi connectivity index (χ1v) is 7.72. The van der Waals surface area contributed by atoms with Gasteiger partial charge >= 0.3 is 0 Å². The van der Waals surface area contributed by atoms with Crippen molar-refractivity contribution in [3.05, 3.63) is 35.4 Å². The van der Waals surface area contributed by atoms with Crippen LogP contribution in [0.15, 0.2) is 24.3 Å². The van der Waals surface area contributed by atoms with Crippen LogP contribution in [0.25, 0.3) is 0 Å². The zero-order valence-corrected chi connectivity index (χ0v) is 12.2. The van der Waals surface area contributed by atoms with Gasteiger partial charge in [-0.3, -0.25) is 4.90 Å². The molecule has 1 aromatic rings. The Hall–Kier alpha value is -0.860. The van der Waals surface area contributed by atoms with Gasteiger partial charge in [0.2, 0.25) is 0 Å². The Bertz CT molecular complexity index is 443. The summed E-state index contributed by atoms with van der Waals surface area (Å²) in [6.07, 6.45) is 3.94. The van der Waals surface area contributed by atoms with Crippen LogP contribution in [0.1, 0.15) is 43.4 Å². The van der Waals surface area contributed by atoms with Crippen molar-refractivity contribution in [1.29, 1.82) is 0 Å². The molecule has 19 heavy (non-hydrogen) atoms. The van der Waals surface area contributed by atoms with Gasteiger partial charge in [0.05, 0.1) is 0 Å². The molecule has 2 nitrogen and oxygen atoms in total. The van der Waals surface area contributed by atoms with E-state index in [2.05, 4.69) is 43.0 Å². The Morgan fingerprint density at radius 3 is 2.74 bits per heavy atom. The summed E-state index contributed by atoms with van der Waals surface area (Å²) in [5, 5.41) is 0. The van der Waals surface area contributed by atoms with Gasteiger partial charge in [0.1, 0.15) is 0 Å². The molecule has 4 atom stereocenters. The number of rotatable bonds is 2. The number of aryl methyl sites for hydroxylation is 1. The third kappa shape index (κ3) is 2.44. The number of likely N-dealkylation sites (tertiary alicyclic amines) is 1. The van der Waals surface area contributed by atoms with Crippen LogP contribution in [-0.2, 0) is 0 Å². The highest BCUT2D eigenvalue weighted by molar-refractivity contribution is 5.28. The van der Waals surface area contributed by atoms with Crippen molar-refractivity contribution in [3.63, 3.8) is 0 Å². The monoisotopic (exact) mass is 258 g/mol. The molecule has 2 N–H and O–H groups in total. The summed E-state index contributed by atoms with van der Waals surface area (Å²) in [6.45, 7) is 7.01. The van der Waals surface area contributed by atoms with Gasteiger partial charge in [0.25, 0.3) is 0 Å². The quantitative estimate of drug-likeness (QED) is 0.883. The normalized spacial score (nSPS) is 33.1. The van der Waals surface area contributed by atoms with Crippen molar-refractivity contribution in [2.24, 2.45) is 17.6 Å². The van der Waals surface area contributed by atoms with E-state index in [0.29, 0.717) is 12.1 Å². The van der Waals surface area contributed by atoms with Gasteiger partial charge in [-0.25, -0.2) is 0 Å². The number of nitrogens with zero attached hydrogens (tertiary/aromatic N) is 1. The van der Waals surface area contributed by atoms with Crippen LogP contribution in [0.4, 0.5) is 0 Å². The Labute approximate surface area is 117 Å². The average Bonchev–Trinajstić information content (AvgIpc) is 2.84. The van der Waals surface area contributed by atoms with Gasteiger partial charge in [-0.05, 0) is 49.7 Å². The highest BCUT2D eigenvalue weighted by Crippen LogP contribution is 2.39. The van der Waals surface area contributed by atoms with E-state index in [-0.39, 0.29) is 0 Å². The molecule has 0 aromatic heterocycles. The molecule has 0 bridgehead atoms. The predicted molar refractivity (Wildman–Crippen MR) is 80.0 cm³/mol. The van der Waals surface area contributed by atoms with Gasteiger partial charge in [-0.2, -0.15) is 0 Å². The van der Waals surface area contributed by atoms with Gasteiger partial charge in [-0.1, -0.05) is 30.7 Å². The van der Waals surface area contributed by atoms with Crippen molar-refractivity contribution in [2.45, 2.75) is 45.2 Å². The summed E-state index contributed by atoms with van der Waals surface area (Å²) in [4.78, 5) is 2.66. The Balaban J connectivity index is 1.75. The van der Waals surface area contributed by atoms with E-state index >= 15 is 0 Å². The topological polar surface area (TPSA) is 29.3 Å². The number of nitrogens with two attached hydrogens (primary N) is 1. The summed E-state index contributed by atoms with van der Waals surface area (Å²) in [5.74, 6) is 1.58. The number of hydrogen-bond acceptors (Lipinski definition) is 2. The zero-order chi connectivity index (χ0) is 13.4. The molecule has 1 aliphatic carbocycles. The Morgan fingerprint density at radius 2 is 2.00 bits per heavy atom. The second-order valence-corrected chi connectivity index (χ2v) is 6.51. The number of fused-ring (bicyclic) bond motifs is 1. The molecule has 1 aromatic carbocycles. The standard InChI is InChI=1S/C17H26N2/c1-12-6-3-4-8-15(12)13(2)19-10-14-7-5-9-17(18)16(14)11-19/h3-4,6,8,13-14,16-17H,5,7,9-11,18H2,1-2H3. The number of benzene rings is 1. The van der Waals surface area contributed by atoms with E-state index in [4.69, 9.17) is 5.73 Å². The van der Waals surface area contributed by atoms with Crippen LogP contribution in [0.5, 0.6) is 0 Å². The lowest BCUT2D eigenvalue weighted by Gasteiger charge is -2.30. The highest BCUT2D eigenvalue weighted by atomic mass is 15.2. The van der Waals surface area contributed by atoms with Gasteiger partial charge < -0.3 is 5.73 Å². The molecule has 2 aliphatic rings. The van der Waals surface area contributed by atoms with Gasteiger partial charge in [-0.15, -0.1) is 0 Å². The third-order valence-electron chi connectivity index (χ3n) is 5.37. The number of hydrogen-bond donors (Lipinski definition) is 1. The molecule has 0 spiro atoms. The van der Waals surface area contributed by atoms with Crippen LogP contribution in [-0.4, -0.2) is 24.0 Å². The first kappa shape index (κ1) is 13.1. The molecule has 4 unspecified atom stereocenters. The second-order valence-electron chi connectivity index (χ2n) is 6.51. The maximum absolute atomic E-state index is 6.32. The maximum atomic E-state index is 6.32. The fourth-order valence-corrected chi connectivity index (χ4v) is 4.12. The molecule has 2 heteroatoms. The van der Waals surface area contributed by atoms with E-state index in [1.54, 1.807) is 0 Å². The highest BCUT2D eigenvalue weighted by Gasteiger charge is 2.40. The first-order valence-electron chi connectivity index (χ1n) is 7.72. The van der Waals surface area contributed by atoms with Crippen molar-refractivity contribution in [3.8, 4) is 0 Å². The SMILES string of the molecule is Cc1ccccc1C(C)N1CC2CCCC(N)C2C1. The fraction of sp³-hybridized carbons (Fsp3) is 0.647. The largest absolute Gasteiger partial charge is 0.327 e. The van der Waals surface area contributed by atoms with Crippen LogP contribution < -0.4 is 5.73 Å². The summed E-state index contributed by atoms with van der Waals surface area (Å²) in [6, 6.07) is 9.76. The summed E-state index contributed by atoms with van der Waals surface area (Å²) >= 11 is 0. The lowest BCUT2D eigenvalue weighted by Crippen LogP contribution is -2.38. The van der Waals surface area contributed by atoms with Crippen LogP contribution in [0.2, 0.25) is 0 Å². The molecular formula is C17H26N2. The molecule has 1 saturated heterocycles. The zero-order valence-electron chi connectivity index (χ0n) is 12.2. The van der Waals surface area contributed by atoms with E-state index in [1.165, 1.54) is 43.5 Å². The summed E-state index contributed by atoms with van der Waals surface area (Å²) in [7, 11) is 0. The summed E-state index contributed by atoms with van der Waals surface area (Å²) in [5.41, 5.74) is 9.22. The van der Waals surface area contributed by atoms with Crippen molar-refractivity contribution < 1.29 is 0 Å². The minimum atomic E-state index is 0.438. The summed E-state index contributed by atoms with van der Waals surface area (Å²) < 4.78 is 0. The molecule has 0 amide bonds. The molecule has 3 rings (SSSR count). The predicted octanol–water partition coefficient (Wildman–Crippen LogP) is 3.12. The van der Waals surface area contributed by atoms with Crippen molar-refractivity contribution in [1.82, 2.24) is 4.90 Å². The van der Waals surface area contributed by atoms with Crippen molar-refractivity contribution in [2.75, 3.05) is 13.1 Å². The lowest BCUT2D eigenvalue weighted by atomic mass is 9.78. The minimum Gasteiger partial charge on any atom is -0.327 e. The van der Waals surface area contributed by atoms with Crippen molar-refractivity contribution >= 4 is 0 Å². The fourth-order valence-electron chi connectivity index (χ4n) is 4.12. The Morgan fingerprint density at radius 1 is 1.21 bits per heavy atom. The first-order chi connectivity index (χ1) is 9.16. The molecular weight excluding hydrogens is 232 g/mol. The maximum Gasteiger partial charge on any atom is 0.0322 e. The molecule has 1 heterocycles. The second kappa shape index (κ2) is 5.26. The molecule has 2 fully saturated rings. The molecule has 0 radical (unpaired) electrons. The van der Waals surface area contributed by atoms with E-state index < -0.39 is 0 Å². The van der Waals surface area contributed by atoms with Crippen LogP contribution in [0, 0.1) is 18.8 Å². The van der Waals surface area contributed by atoms with Gasteiger partial charge in [0, 0.05) is 25.2 Å². The lowest BCUT2D eigenvalue weighted by molar-refractivity contribution is 0.244. The molecule has 1 saturated carbocycles. The van der Waals surface area contributed by atoms with Crippen LogP contribution >= 0.6 is 0 Å². The smallest absolute Gasteiger partial charge is 0.0322 e. The third-order valence-corrected chi connectivity index (χ3v) is 5.37. The molecule has 104 valence electrons. The molecule has 1 aliphatic heterocycles. The van der Waals surface area contributed by atoms with E-state index in [1.807, 2.05) is 0 Å². The average molecular weight is 258 g/mol. The van der Waals surface area contributed by atoms with Crippen LogP contribution in [0.3, 0.4) is 0 Å². The van der Waals surface area contributed by atoms with E-state index in [9.17, 15) is 0 Å². The van der Waals surface area contributed by atoms with E-state index in [0.717, 1.165) is 11.8 Å². The minimum absolute atomic E-state index is 0.438.